The van der Waals surface area contributed by atoms with E-state index in [1.807, 2.05) is 0 Å². The first-order valence-corrected chi connectivity index (χ1v) is 10.6. The third-order valence-corrected chi connectivity index (χ3v) is 6.63. The second-order valence-corrected chi connectivity index (χ2v) is 8.78. The van der Waals surface area contributed by atoms with Crippen molar-refractivity contribution in [2.45, 2.75) is 37.7 Å². The number of hydrogen-bond acceptors (Lipinski definition) is 3. The van der Waals surface area contributed by atoms with Crippen LogP contribution >= 0.6 is 34.8 Å². The van der Waals surface area contributed by atoms with E-state index in [4.69, 9.17) is 34.8 Å². The fraction of sp³-hybridized carbons (Fsp3) is 0.400. The summed E-state index contributed by atoms with van der Waals surface area (Å²) in [5, 5.41) is 1.83. The molecule has 1 aromatic carbocycles. The second-order valence-electron chi connectivity index (χ2n) is 7.59. The van der Waals surface area contributed by atoms with Gasteiger partial charge in [0.15, 0.2) is 5.69 Å². The lowest BCUT2D eigenvalue weighted by Crippen LogP contribution is -2.45. The highest BCUT2D eigenvalue weighted by Gasteiger charge is 2.59. The molecule has 0 bridgehead atoms. The molecule has 0 radical (unpaired) electrons. The Bertz CT molecular complexity index is 1050. The lowest BCUT2D eigenvalue weighted by atomic mass is 9.79. The molecule has 1 aliphatic heterocycles. The first-order chi connectivity index (χ1) is 15.2. The van der Waals surface area contributed by atoms with Gasteiger partial charge in [-0.1, -0.05) is 40.9 Å². The summed E-state index contributed by atoms with van der Waals surface area (Å²) in [4.78, 5) is 15.8. The normalized spacial score (nSPS) is 19.2. The molecule has 0 saturated carbocycles. The molecule has 1 fully saturated rings. The lowest BCUT2D eigenvalue weighted by Gasteiger charge is -2.33. The Morgan fingerprint density at radius 1 is 1.12 bits per heavy atom. The van der Waals surface area contributed by atoms with E-state index in [1.165, 1.54) is 6.07 Å². The molecule has 1 N–H and O–H groups in total. The van der Waals surface area contributed by atoms with Crippen molar-refractivity contribution >= 4 is 46.5 Å². The van der Waals surface area contributed by atoms with Crippen molar-refractivity contribution in [3.8, 4) is 0 Å². The molecule has 3 rings (SSSR count). The number of nitrogens with zero attached hydrogens (tertiary/aromatic N) is 2. The van der Waals surface area contributed by atoms with E-state index in [-0.39, 0.29) is 38.6 Å². The number of amides is 1. The van der Waals surface area contributed by atoms with E-state index in [0.717, 1.165) is 30.0 Å². The molecule has 0 spiro atoms. The third kappa shape index (κ3) is 5.12. The van der Waals surface area contributed by atoms with Gasteiger partial charge in [-0.3, -0.25) is 4.79 Å². The summed E-state index contributed by atoms with van der Waals surface area (Å²) < 4.78 is 83.5. The van der Waals surface area contributed by atoms with E-state index in [1.54, 1.807) is 0 Å². The van der Waals surface area contributed by atoms with Crippen molar-refractivity contribution in [1.29, 1.82) is 0 Å². The summed E-state index contributed by atoms with van der Waals surface area (Å²) in [6.07, 6.45) is -10.1. The minimum atomic E-state index is -4.87. The van der Waals surface area contributed by atoms with Crippen LogP contribution in [0.15, 0.2) is 24.3 Å². The summed E-state index contributed by atoms with van der Waals surface area (Å²) in [5.74, 6) is -0.812. The van der Waals surface area contributed by atoms with Crippen molar-refractivity contribution in [2.24, 2.45) is 0 Å². The molecule has 1 amide bonds. The SMILES string of the molecule is CC(=O)NCc1ccc(N2CCC(c3cc(Cl)c(Cl)c(Cl)c3)(C(F)(F)F)C2)nc1C(F)(F)F. The Kier molecular flexibility index (Phi) is 7.04. The number of aromatic nitrogens is 1. The highest BCUT2D eigenvalue weighted by Crippen LogP contribution is 2.50. The van der Waals surface area contributed by atoms with Gasteiger partial charge in [-0.05, 0) is 30.2 Å². The average molecular weight is 535 g/mol. The number of nitrogens with one attached hydrogen (secondary N) is 1. The van der Waals surface area contributed by atoms with Crippen LogP contribution in [0.25, 0.3) is 0 Å². The van der Waals surface area contributed by atoms with Gasteiger partial charge in [0.05, 0.1) is 15.1 Å². The van der Waals surface area contributed by atoms with Gasteiger partial charge in [0.2, 0.25) is 5.91 Å². The number of alkyl halides is 6. The number of anilines is 1. The molecule has 1 atom stereocenters. The van der Waals surface area contributed by atoms with E-state index in [9.17, 15) is 31.1 Å². The number of carbonyl (C=O) groups excluding carboxylic acids is 1. The monoisotopic (exact) mass is 533 g/mol. The summed E-state index contributed by atoms with van der Waals surface area (Å²) in [6.45, 7) is -0.191. The maximum absolute atomic E-state index is 14.3. The third-order valence-electron chi connectivity index (χ3n) is 5.43. The highest BCUT2D eigenvalue weighted by atomic mass is 35.5. The quantitative estimate of drug-likeness (QED) is 0.364. The van der Waals surface area contributed by atoms with E-state index in [0.29, 0.717) is 0 Å². The van der Waals surface area contributed by atoms with Crippen molar-refractivity contribution in [3.05, 3.63) is 56.2 Å². The number of pyridine rings is 1. The van der Waals surface area contributed by atoms with Crippen molar-refractivity contribution in [1.82, 2.24) is 10.3 Å². The number of benzene rings is 1. The second kappa shape index (κ2) is 9.03. The predicted octanol–water partition coefficient (Wildman–Crippen LogP) is 6.41. The topological polar surface area (TPSA) is 45.2 Å². The Morgan fingerprint density at radius 2 is 1.73 bits per heavy atom. The van der Waals surface area contributed by atoms with Gasteiger partial charge in [-0.2, -0.15) is 26.3 Å². The van der Waals surface area contributed by atoms with Crippen molar-refractivity contribution in [3.63, 3.8) is 0 Å². The molecule has 33 heavy (non-hydrogen) atoms. The van der Waals surface area contributed by atoms with Crippen LogP contribution in [0.5, 0.6) is 0 Å². The Morgan fingerprint density at radius 3 is 2.24 bits per heavy atom. The maximum atomic E-state index is 14.3. The summed E-state index contributed by atoms with van der Waals surface area (Å²) in [6, 6.07) is 4.42. The van der Waals surface area contributed by atoms with Crippen LogP contribution < -0.4 is 10.2 Å². The zero-order chi connectivity index (χ0) is 24.8. The van der Waals surface area contributed by atoms with Crippen LogP contribution in [-0.4, -0.2) is 30.2 Å². The standard InChI is InChI=1S/C20H16Cl3F6N3O/c1-10(33)30-8-11-2-3-15(31-17(11)19(24,25)26)32-5-4-18(9-32,20(27,28)29)12-6-13(21)16(23)14(22)7-12/h2-3,6-7H,4-5,8-9H2,1H3,(H,30,33). The first-order valence-electron chi connectivity index (χ1n) is 9.44. The van der Waals surface area contributed by atoms with Crippen molar-refractivity contribution < 1.29 is 31.1 Å². The molecule has 2 heterocycles. The molecule has 180 valence electrons. The number of carbonyl (C=O) groups is 1. The molecule has 0 aliphatic carbocycles. The fourth-order valence-corrected chi connectivity index (χ4v) is 4.33. The molecular weight excluding hydrogens is 519 g/mol. The molecule has 4 nitrogen and oxygen atoms in total. The predicted molar refractivity (Wildman–Crippen MR) is 113 cm³/mol. The minimum absolute atomic E-state index is 0.0968. The van der Waals surface area contributed by atoms with Crippen molar-refractivity contribution in [2.75, 3.05) is 18.0 Å². The molecule has 1 aromatic heterocycles. The molecular formula is C20H16Cl3F6N3O. The fourth-order valence-electron chi connectivity index (χ4n) is 3.73. The van der Waals surface area contributed by atoms with Crippen LogP contribution in [-0.2, 0) is 22.9 Å². The van der Waals surface area contributed by atoms with Crippen LogP contribution in [0.1, 0.15) is 30.2 Å². The van der Waals surface area contributed by atoms with Gasteiger partial charge in [0.25, 0.3) is 0 Å². The number of halogens is 9. The van der Waals surface area contributed by atoms with Gasteiger partial charge in [-0.25, -0.2) is 4.98 Å². The molecule has 13 heteroatoms. The number of rotatable bonds is 4. The van der Waals surface area contributed by atoms with Crippen LogP contribution in [0.4, 0.5) is 32.2 Å². The zero-order valence-electron chi connectivity index (χ0n) is 16.8. The largest absolute Gasteiger partial charge is 0.433 e. The number of hydrogen-bond donors (Lipinski definition) is 1. The van der Waals surface area contributed by atoms with E-state index < -0.39 is 48.9 Å². The smallest absolute Gasteiger partial charge is 0.355 e. The van der Waals surface area contributed by atoms with Crippen LogP contribution in [0.3, 0.4) is 0 Å². The van der Waals surface area contributed by atoms with Gasteiger partial charge in [0.1, 0.15) is 11.2 Å². The molecule has 1 unspecified atom stereocenters. The van der Waals surface area contributed by atoms with E-state index >= 15 is 0 Å². The Labute approximate surface area is 199 Å². The highest BCUT2D eigenvalue weighted by molar-refractivity contribution is 6.48. The van der Waals surface area contributed by atoms with E-state index in [2.05, 4.69) is 10.3 Å². The molecule has 1 saturated heterocycles. The maximum Gasteiger partial charge on any atom is 0.433 e. The molecule has 2 aromatic rings. The molecule has 1 aliphatic rings. The zero-order valence-corrected chi connectivity index (χ0v) is 19.1. The van der Waals surface area contributed by atoms with Gasteiger partial charge in [0, 0.05) is 32.1 Å². The Hall–Kier alpha value is -1.91. The average Bonchev–Trinajstić information content (AvgIpc) is 3.16. The Balaban J connectivity index is 2.02. The summed E-state index contributed by atoms with van der Waals surface area (Å²) in [5.41, 5.74) is -4.27. The first kappa shape index (κ1) is 25.7. The van der Waals surface area contributed by atoms with Gasteiger partial charge < -0.3 is 10.2 Å². The summed E-state index contributed by atoms with van der Waals surface area (Å²) in [7, 11) is 0. The summed E-state index contributed by atoms with van der Waals surface area (Å²) >= 11 is 17.7. The van der Waals surface area contributed by atoms with Crippen LogP contribution in [0.2, 0.25) is 15.1 Å². The van der Waals surface area contributed by atoms with Gasteiger partial charge >= 0.3 is 12.4 Å². The lowest BCUT2D eigenvalue weighted by molar-refractivity contribution is -0.184. The van der Waals surface area contributed by atoms with Gasteiger partial charge in [-0.15, -0.1) is 0 Å². The van der Waals surface area contributed by atoms with Crippen LogP contribution in [0, 0.1) is 0 Å². The minimum Gasteiger partial charge on any atom is -0.355 e.